The van der Waals surface area contributed by atoms with Crippen molar-refractivity contribution >= 4 is 37.8 Å². The van der Waals surface area contributed by atoms with E-state index in [0.717, 1.165) is 65.4 Å². The van der Waals surface area contributed by atoms with E-state index in [9.17, 15) is 9.59 Å². The van der Waals surface area contributed by atoms with Gasteiger partial charge in [-0.15, -0.1) is 9.24 Å². The molecule has 3 aromatic rings. The number of carbonyl (C=O) groups is 1. The van der Waals surface area contributed by atoms with Gasteiger partial charge in [0, 0.05) is 86.3 Å². The van der Waals surface area contributed by atoms with Gasteiger partial charge < -0.3 is 10.2 Å². The number of hydrogen-bond acceptors (Lipinski definition) is 5. The Kier molecular flexibility index (Phi) is 10.1. The van der Waals surface area contributed by atoms with Crippen molar-refractivity contribution < 1.29 is 9.18 Å². The molecule has 4 heterocycles. The number of hydrogen-bond donors (Lipinski definition) is 1. The maximum atomic E-state index is 15.1. The van der Waals surface area contributed by atoms with Gasteiger partial charge >= 0.3 is 0 Å². The summed E-state index contributed by atoms with van der Waals surface area (Å²) in [5.41, 5.74) is 7.39. The lowest BCUT2D eigenvalue weighted by atomic mass is 9.97. The number of nitrogens with one attached hydrogen (secondary N) is 1. The van der Waals surface area contributed by atoms with Crippen molar-refractivity contribution in [3.63, 3.8) is 0 Å². The second-order valence-electron chi connectivity index (χ2n) is 10.7. The number of aryl methyl sites for hydroxylation is 1. The summed E-state index contributed by atoms with van der Waals surface area (Å²) in [6.07, 6.45) is 9.22. The highest BCUT2D eigenvalue weighted by Crippen LogP contribution is 2.27. The van der Waals surface area contributed by atoms with E-state index in [2.05, 4.69) is 43.5 Å². The first-order valence-electron chi connectivity index (χ1n) is 14.5. The molecule has 0 spiro atoms. The van der Waals surface area contributed by atoms with Crippen molar-refractivity contribution in [3.8, 4) is 5.69 Å². The molecule has 0 aliphatic carbocycles. The topological polar surface area (TPSA) is 70.5 Å². The molecule has 42 heavy (non-hydrogen) atoms. The molecule has 2 aliphatic rings. The van der Waals surface area contributed by atoms with Crippen LogP contribution in [-0.4, -0.2) is 65.5 Å². The van der Waals surface area contributed by atoms with Gasteiger partial charge in [0.15, 0.2) is 0 Å². The number of aromatic nitrogens is 2. The SMILES string of the molecule is C/C(=C\c1c(-n2ccc3c(c2=O)CCN3)ccnc1C)CN1CC=C(c2c(F)cc(C(=O)N(C)C)cc2P)CC1.CC. The van der Waals surface area contributed by atoms with Crippen LogP contribution in [0.2, 0.25) is 0 Å². The van der Waals surface area contributed by atoms with E-state index in [-0.39, 0.29) is 17.3 Å². The van der Waals surface area contributed by atoms with Gasteiger partial charge in [0.2, 0.25) is 0 Å². The van der Waals surface area contributed by atoms with Gasteiger partial charge in [-0.25, -0.2) is 4.39 Å². The van der Waals surface area contributed by atoms with Crippen molar-refractivity contribution in [2.24, 2.45) is 0 Å². The van der Waals surface area contributed by atoms with E-state index >= 15 is 4.39 Å². The summed E-state index contributed by atoms with van der Waals surface area (Å²) >= 11 is 0. The number of amides is 1. The molecular formula is C33H41FN5O2P. The molecule has 1 atom stereocenters. The summed E-state index contributed by atoms with van der Waals surface area (Å²) in [6, 6.07) is 6.93. The molecule has 0 fully saturated rings. The van der Waals surface area contributed by atoms with Crippen LogP contribution in [-0.2, 0) is 6.42 Å². The lowest BCUT2D eigenvalue weighted by molar-refractivity contribution is 0.0827. The first kappa shape index (κ1) is 31.3. The van der Waals surface area contributed by atoms with Crippen LogP contribution in [0.5, 0.6) is 0 Å². The molecule has 0 saturated heterocycles. The van der Waals surface area contributed by atoms with Crippen LogP contribution in [0, 0.1) is 12.7 Å². The summed E-state index contributed by atoms with van der Waals surface area (Å²) in [6.45, 7) is 11.1. The fraction of sp³-hybridized carbons (Fsp3) is 0.364. The molecule has 2 aliphatic heterocycles. The zero-order valence-corrected chi connectivity index (χ0v) is 26.6. The number of benzene rings is 1. The molecule has 222 valence electrons. The largest absolute Gasteiger partial charge is 0.384 e. The number of halogens is 1. The van der Waals surface area contributed by atoms with Gasteiger partial charge in [-0.1, -0.05) is 31.6 Å². The molecule has 0 radical (unpaired) electrons. The Morgan fingerprint density at radius 1 is 1.21 bits per heavy atom. The zero-order valence-electron chi connectivity index (χ0n) is 25.4. The van der Waals surface area contributed by atoms with E-state index in [1.165, 1.54) is 11.0 Å². The summed E-state index contributed by atoms with van der Waals surface area (Å²) in [7, 11) is 5.90. The van der Waals surface area contributed by atoms with Crippen molar-refractivity contribution in [1.29, 1.82) is 0 Å². The average Bonchev–Trinajstić information content (AvgIpc) is 3.46. The first-order valence-corrected chi connectivity index (χ1v) is 15.1. The lowest BCUT2D eigenvalue weighted by Crippen LogP contribution is -2.31. The number of nitrogens with zero attached hydrogens (tertiary/aromatic N) is 4. The van der Waals surface area contributed by atoms with Crippen molar-refractivity contribution in [3.05, 3.63) is 92.4 Å². The maximum absolute atomic E-state index is 15.1. The van der Waals surface area contributed by atoms with Gasteiger partial charge in [0.05, 0.1) is 5.69 Å². The smallest absolute Gasteiger partial charge is 0.260 e. The van der Waals surface area contributed by atoms with Crippen LogP contribution in [0.15, 0.2) is 53.1 Å². The number of pyridine rings is 2. The minimum absolute atomic E-state index is 0.00824. The highest BCUT2D eigenvalue weighted by Gasteiger charge is 2.21. The molecule has 0 saturated carbocycles. The number of fused-ring (bicyclic) bond motifs is 1. The second-order valence-corrected chi connectivity index (χ2v) is 11.3. The Morgan fingerprint density at radius 3 is 2.64 bits per heavy atom. The van der Waals surface area contributed by atoms with Gasteiger partial charge in [-0.3, -0.25) is 24.0 Å². The first-order chi connectivity index (χ1) is 20.1. The third-order valence-electron chi connectivity index (χ3n) is 7.56. The van der Waals surface area contributed by atoms with Gasteiger partial charge in [0.1, 0.15) is 5.82 Å². The molecule has 9 heteroatoms. The quantitative estimate of drug-likeness (QED) is 0.407. The molecule has 2 aromatic heterocycles. The van der Waals surface area contributed by atoms with Crippen LogP contribution < -0.4 is 16.2 Å². The van der Waals surface area contributed by atoms with Gasteiger partial charge in [0.25, 0.3) is 11.5 Å². The highest BCUT2D eigenvalue weighted by atomic mass is 31.0. The van der Waals surface area contributed by atoms with Gasteiger partial charge in [-0.2, -0.15) is 0 Å². The Balaban J connectivity index is 0.00000198. The summed E-state index contributed by atoms with van der Waals surface area (Å²) in [5.74, 6) is -0.587. The molecule has 1 unspecified atom stereocenters. The second kappa shape index (κ2) is 13.6. The highest BCUT2D eigenvalue weighted by molar-refractivity contribution is 7.27. The Hall–Kier alpha value is -3.61. The van der Waals surface area contributed by atoms with E-state index in [1.54, 1.807) is 30.9 Å². The fourth-order valence-corrected chi connectivity index (χ4v) is 6.03. The molecular weight excluding hydrogens is 548 g/mol. The third-order valence-corrected chi connectivity index (χ3v) is 8.02. The molecule has 1 aromatic carbocycles. The van der Waals surface area contributed by atoms with Crippen molar-refractivity contribution in [2.75, 3.05) is 45.6 Å². The standard InChI is InChI=1S/C31H35FN5O2P.C2H6/c1-19(15-24-20(2)33-11-6-27(24)37-14-9-26-23(31(37)39)5-10-34-26)18-36-12-7-21(8-13-36)29-25(32)16-22(17-28(29)40)30(38)35(3)4;1-2/h6-7,9,11,14-17,34H,5,8,10,12-13,18,40H2,1-4H3;1-2H3/b19-15+;. The number of carbonyl (C=O) groups excluding carboxylic acids is 1. The van der Waals surface area contributed by atoms with Crippen molar-refractivity contribution in [2.45, 2.75) is 40.5 Å². The van der Waals surface area contributed by atoms with E-state index in [4.69, 9.17) is 0 Å². The monoisotopic (exact) mass is 589 g/mol. The van der Waals surface area contributed by atoms with Crippen molar-refractivity contribution in [1.82, 2.24) is 19.4 Å². The van der Waals surface area contributed by atoms with Crippen LogP contribution in [0.3, 0.4) is 0 Å². The van der Waals surface area contributed by atoms with Gasteiger partial charge in [-0.05, 0) is 61.8 Å². The number of anilines is 1. The predicted octanol–water partition coefficient (Wildman–Crippen LogP) is 5.07. The summed E-state index contributed by atoms with van der Waals surface area (Å²) in [5, 5.41) is 3.96. The normalized spacial score (nSPS) is 14.9. The van der Waals surface area contributed by atoms with Crippen LogP contribution >= 0.6 is 9.24 Å². The zero-order chi connectivity index (χ0) is 30.6. The van der Waals surface area contributed by atoms with Crippen LogP contribution in [0.25, 0.3) is 17.3 Å². The Bertz CT molecular complexity index is 1590. The Labute approximate surface area is 250 Å². The van der Waals surface area contributed by atoms with Crippen LogP contribution in [0.1, 0.15) is 59.9 Å². The minimum Gasteiger partial charge on any atom is -0.384 e. The molecule has 1 N–H and O–H groups in total. The third kappa shape index (κ3) is 6.55. The predicted molar refractivity (Wildman–Crippen MR) is 175 cm³/mol. The summed E-state index contributed by atoms with van der Waals surface area (Å²) < 4.78 is 16.8. The Morgan fingerprint density at radius 2 is 1.98 bits per heavy atom. The lowest BCUT2D eigenvalue weighted by Gasteiger charge is -2.27. The fourth-order valence-electron chi connectivity index (χ4n) is 5.52. The summed E-state index contributed by atoms with van der Waals surface area (Å²) in [4.78, 5) is 33.8. The molecule has 5 rings (SSSR count). The molecule has 0 bridgehead atoms. The van der Waals surface area contributed by atoms with E-state index in [0.29, 0.717) is 29.4 Å². The average molecular weight is 590 g/mol. The number of rotatable bonds is 6. The molecule has 7 nitrogen and oxygen atoms in total. The van der Waals surface area contributed by atoms with E-state index in [1.807, 2.05) is 39.1 Å². The molecule has 1 amide bonds. The van der Waals surface area contributed by atoms with Crippen LogP contribution in [0.4, 0.5) is 10.1 Å². The minimum atomic E-state index is -0.370. The maximum Gasteiger partial charge on any atom is 0.260 e. The van der Waals surface area contributed by atoms with E-state index < -0.39 is 0 Å².